The van der Waals surface area contributed by atoms with Crippen molar-refractivity contribution in [2.75, 3.05) is 0 Å². The van der Waals surface area contributed by atoms with Gasteiger partial charge in [0.05, 0.1) is 11.7 Å². The zero-order valence-corrected chi connectivity index (χ0v) is 18.4. The molecule has 0 saturated carbocycles. The molecule has 3 rings (SSSR count). The van der Waals surface area contributed by atoms with Crippen molar-refractivity contribution >= 4 is 21.8 Å². The number of nitrogens with one attached hydrogen (secondary N) is 1. The van der Waals surface area contributed by atoms with Crippen molar-refractivity contribution in [2.45, 2.75) is 46.1 Å². The predicted octanol–water partition coefficient (Wildman–Crippen LogP) is 6.20. The fourth-order valence-corrected chi connectivity index (χ4v) is 3.32. The van der Waals surface area contributed by atoms with Crippen molar-refractivity contribution in [1.29, 1.82) is 0 Å². The Morgan fingerprint density at radius 1 is 1.07 bits per heavy atom. The number of hydrogen-bond donors (Lipinski definition) is 1. The topological polar surface area (TPSA) is 55.1 Å². The molecule has 3 aromatic rings. The first kappa shape index (κ1) is 20.3. The molecule has 1 heterocycles. The van der Waals surface area contributed by atoms with Crippen LogP contribution >= 0.6 is 15.9 Å². The minimum atomic E-state index is -0.191. The largest absolute Gasteiger partial charge is 0.355 e. The van der Waals surface area contributed by atoms with Gasteiger partial charge < -0.3 is 9.84 Å². The van der Waals surface area contributed by atoms with E-state index < -0.39 is 0 Å². The third-order valence-electron chi connectivity index (χ3n) is 4.82. The zero-order chi connectivity index (χ0) is 20.5. The van der Waals surface area contributed by atoms with E-state index in [1.807, 2.05) is 43.3 Å². The molecule has 0 radical (unpaired) electrons. The highest BCUT2D eigenvalue weighted by Crippen LogP contribution is 2.30. The van der Waals surface area contributed by atoms with Crippen LogP contribution < -0.4 is 5.32 Å². The molecule has 1 aromatic heterocycles. The van der Waals surface area contributed by atoms with E-state index in [4.69, 9.17) is 4.52 Å². The van der Waals surface area contributed by atoms with Crippen molar-refractivity contribution in [1.82, 2.24) is 10.5 Å². The van der Waals surface area contributed by atoms with Gasteiger partial charge in [0, 0.05) is 10.0 Å². The summed E-state index contributed by atoms with van der Waals surface area (Å²) in [6, 6.07) is 15.9. The van der Waals surface area contributed by atoms with Gasteiger partial charge in [-0.05, 0) is 42.5 Å². The number of halogens is 1. The van der Waals surface area contributed by atoms with E-state index in [0.717, 1.165) is 15.6 Å². The lowest BCUT2D eigenvalue weighted by atomic mass is 9.86. The van der Waals surface area contributed by atoms with E-state index in [-0.39, 0.29) is 17.4 Å². The van der Waals surface area contributed by atoms with Gasteiger partial charge in [-0.1, -0.05) is 78.3 Å². The molecule has 28 heavy (non-hydrogen) atoms. The number of hydrogen-bond acceptors (Lipinski definition) is 3. The van der Waals surface area contributed by atoms with Crippen LogP contribution in [0.4, 0.5) is 0 Å². The van der Waals surface area contributed by atoms with E-state index in [1.54, 1.807) is 6.92 Å². The van der Waals surface area contributed by atoms with Gasteiger partial charge >= 0.3 is 0 Å². The molecule has 5 heteroatoms. The number of rotatable bonds is 4. The quantitative estimate of drug-likeness (QED) is 0.525. The van der Waals surface area contributed by atoms with E-state index in [9.17, 15) is 4.79 Å². The van der Waals surface area contributed by atoms with Crippen LogP contribution in [0.5, 0.6) is 0 Å². The summed E-state index contributed by atoms with van der Waals surface area (Å²) in [5.41, 5.74) is 4.22. The maximum absolute atomic E-state index is 13.0. The Bertz CT molecular complexity index is 967. The lowest BCUT2D eigenvalue weighted by molar-refractivity contribution is 0.0939. The number of carbonyl (C=O) groups is 1. The van der Waals surface area contributed by atoms with Crippen molar-refractivity contribution in [3.8, 4) is 11.3 Å². The maximum Gasteiger partial charge on any atom is 0.257 e. The van der Waals surface area contributed by atoms with Crippen LogP contribution in [0, 0.1) is 6.92 Å². The molecule has 0 aliphatic heterocycles. The minimum Gasteiger partial charge on any atom is -0.355 e. The Hall–Kier alpha value is -2.40. The van der Waals surface area contributed by atoms with Crippen molar-refractivity contribution in [3.63, 3.8) is 0 Å². The van der Waals surface area contributed by atoms with E-state index in [1.165, 1.54) is 5.56 Å². The van der Waals surface area contributed by atoms with Gasteiger partial charge in [0.15, 0.2) is 5.76 Å². The summed E-state index contributed by atoms with van der Waals surface area (Å²) in [6.45, 7) is 10.3. The fourth-order valence-electron chi connectivity index (χ4n) is 3.06. The Morgan fingerprint density at radius 3 is 2.25 bits per heavy atom. The molecule has 2 aromatic carbocycles. The second-order valence-corrected chi connectivity index (χ2v) is 8.96. The normalized spacial score (nSPS) is 12.6. The Morgan fingerprint density at radius 2 is 1.68 bits per heavy atom. The van der Waals surface area contributed by atoms with Gasteiger partial charge in [-0.25, -0.2) is 0 Å². The second-order valence-electron chi connectivity index (χ2n) is 8.05. The highest BCUT2D eigenvalue weighted by atomic mass is 79.9. The molecule has 0 aliphatic rings. The van der Waals surface area contributed by atoms with E-state index in [0.29, 0.717) is 17.0 Å². The fraction of sp³-hybridized carbons (Fsp3) is 0.304. The number of amides is 1. The average Bonchev–Trinajstić information content (AvgIpc) is 3.03. The SMILES string of the molecule is Cc1noc(-c2ccc(C(C)(C)C)cc2)c1C(=O)NC(C)c1ccc(Br)cc1. The number of carbonyl (C=O) groups excluding carboxylic acids is 1. The lowest BCUT2D eigenvalue weighted by Crippen LogP contribution is -2.27. The van der Waals surface area contributed by atoms with Crippen molar-refractivity contribution in [2.24, 2.45) is 0 Å². The molecular weight excluding hydrogens is 416 g/mol. The highest BCUT2D eigenvalue weighted by molar-refractivity contribution is 9.10. The van der Waals surface area contributed by atoms with Crippen LogP contribution in [0.25, 0.3) is 11.3 Å². The molecule has 0 saturated heterocycles. The first-order valence-corrected chi connectivity index (χ1v) is 10.1. The van der Waals surface area contributed by atoms with Gasteiger partial charge in [-0.3, -0.25) is 4.79 Å². The summed E-state index contributed by atoms with van der Waals surface area (Å²) in [5, 5.41) is 7.09. The number of aryl methyl sites for hydroxylation is 1. The third-order valence-corrected chi connectivity index (χ3v) is 5.35. The molecule has 0 spiro atoms. The average molecular weight is 441 g/mol. The molecule has 0 fully saturated rings. The number of benzene rings is 2. The molecule has 0 aliphatic carbocycles. The molecule has 4 nitrogen and oxygen atoms in total. The van der Waals surface area contributed by atoms with E-state index >= 15 is 0 Å². The zero-order valence-electron chi connectivity index (χ0n) is 16.8. The summed E-state index contributed by atoms with van der Waals surface area (Å²) < 4.78 is 6.52. The Kier molecular flexibility index (Phi) is 5.75. The molecule has 0 bridgehead atoms. The maximum atomic E-state index is 13.0. The molecule has 1 unspecified atom stereocenters. The van der Waals surface area contributed by atoms with Crippen LogP contribution in [-0.4, -0.2) is 11.1 Å². The van der Waals surface area contributed by atoms with Crippen LogP contribution in [0.3, 0.4) is 0 Å². The summed E-state index contributed by atoms with van der Waals surface area (Å²) >= 11 is 3.43. The number of nitrogens with zero attached hydrogens (tertiary/aromatic N) is 1. The molecular formula is C23H25BrN2O2. The van der Waals surface area contributed by atoms with Crippen molar-refractivity contribution < 1.29 is 9.32 Å². The van der Waals surface area contributed by atoms with Gasteiger partial charge in [-0.15, -0.1) is 0 Å². The lowest BCUT2D eigenvalue weighted by Gasteiger charge is -2.19. The first-order valence-electron chi connectivity index (χ1n) is 9.30. The molecule has 146 valence electrons. The van der Waals surface area contributed by atoms with Crippen molar-refractivity contribution in [3.05, 3.63) is 75.4 Å². The summed E-state index contributed by atoms with van der Waals surface area (Å²) in [5.74, 6) is 0.308. The molecule has 1 amide bonds. The van der Waals surface area contributed by atoms with Gasteiger partial charge in [0.2, 0.25) is 0 Å². The second kappa shape index (κ2) is 7.92. The standard InChI is InChI=1S/C23H25BrN2O2/c1-14(16-8-12-19(24)13-9-16)25-22(27)20-15(2)26-28-21(20)17-6-10-18(11-7-17)23(3,4)5/h6-14H,1-5H3,(H,25,27). The van der Waals surface area contributed by atoms with Gasteiger partial charge in [-0.2, -0.15) is 0 Å². The van der Waals surface area contributed by atoms with Crippen LogP contribution in [0.1, 0.15) is 60.9 Å². The summed E-state index contributed by atoms with van der Waals surface area (Å²) in [4.78, 5) is 13.0. The Labute approximate surface area is 174 Å². The minimum absolute atomic E-state index is 0.0657. The summed E-state index contributed by atoms with van der Waals surface area (Å²) in [6.07, 6.45) is 0. The number of aromatic nitrogens is 1. The monoisotopic (exact) mass is 440 g/mol. The smallest absolute Gasteiger partial charge is 0.257 e. The van der Waals surface area contributed by atoms with Crippen LogP contribution in [0.2, 0.25) is 0 Å². The van der Waals surface area contributed by atoms with Crippen LogP contribution in [-0.2, 0) is 5.41 Å². The van der Waals surface area contributed by atoms with Gasteiger partial charge in [0.25, 0.3) is 5.91 Å². The third kappa shape index (κ3) is 4.36. The Balaban J connectivity index is 1.86. The van der Waals surface area contributed by atoms with Gasteiger partial charge in [0.1, 0.15) is 5.56 Å². The first-order chi connectivity index (χ1) is 13.2. The van der Waals surface area contributed by atoms with E-state index in [2.05, 4.69) is 59.3 Å². The summed E-state index contributed by atoms with van der Waals surface area (Å²) in [7, 11) is 0. The molecule has 1 N–H and O–H groups in total. The highest BCUT2D eigenvalue weighted by Gasteiger charge is 2.24. The predicted molar refractivity (Wildman–Crippen MR) is 115 cm³/mol. The molecule has 1 atom stereocenters. The van der Waals surface area contributed by atoms with Crippen LogP contribution in [0.15, 0.2) is 57.5 Å².